The van der Waals surface area contributed by atoms with Crippen molar-refractivity contribution >= 4 is 11.9 Å². The molecule has 1 aromatic rings. The van der Waals surface area contributed by atoms with Gasteiger partial charge in [0.2, 0.25) is 0 Å². The molecule has 4 heteroatoms. The van der Waals surface area contributed by atoms with E-state index >= 15 is 0 Å². The van der Waals surface area contributed by atoms with Gasteiger partial charge < -0.3 is 9.47 Å². The zero-order chi connectivity index (χ0) is 13.7. The first kappa shape index (κ1) is 13.6. The Morgan fingerprint density at radius 1 is 1.16 bits per heavy atom. The molecule has 0 spiro atoms. The van der Waals surface area contributed by atoms with Crippen LogP contribution in [0.1, 0.15) is 41.6 Å². The molecule has 19 heavy (non-hydrogen) atoms. The van der Waals surface area contributed by atoms with Crippen LogP contribution in [0.3, 0.4) is 0 Å². The van der Waals surface area contributed by atoms with Crippen molar-refractivity contribution in [2.24, 2.45) is 5.92 Å². The summed E-state index contributed by atoms with van der Waals surface area (Å²) in [5.41, 5.74) is 1.37. The van der Waals surface area contributed by atoms with Gasteiger partial charge in [-0.1, -0.05) is 25.0 Å². The number of hydrogen-bond acceptors (Lipinski definition) is 4. The number of carbonyl (C=O) groups excluding carboxylic acids is 2. The van der Waals surface area contributed by atoms with E-state index in [2.05, 4.69) is 4.74 Å². The third-order valence-electron chi connectivity index (χ3n) is 3.44. The third-order valence-corrected chi connectivity index (χ3v) is 3.44. The Hall–Kier alpha value is -1.84. The lowest BCUT2D eigenvalue weighted by atomic mass is 10.1. The second-order valence-corrected chi connectivity index (χ2v) is 4.78. The number of benzene rings is 1. The van der Waals surface area contributed by atoms with Crippen molar-refractivity contribution in [1.82, 2.24) is 0 Å². The first-order valence-electron chi connectivity index (χ1n) is 6.54. The van der Waals surface area contributed by atoms with Crippen LogP contribution in [0.2, 0.25) is 0 Å². The molecule has 1 aliphatic rings. The number of carbonyl (C=O) groups is 2. The van der Waals surface area contributed by atoms with Crippen molar-refractivity contribution in [3.8, 4) is 0 Å². The van der Waals surface area contributed by atoms with Gasteiger partial charge in [-0.05, 0) is 30.5 Å². The molecule has 102 valence electrons. The van der Waals surface area contributed by atoms with Gasteiger partial charge in [0.1, 0.15) is 6.61 Å². The van der Waals surface area contributed by atoms with Gasteiger partial charge >= 0.3 is 11.9 Å². The summed E-state index contributed by atoms with van der Waals surface area (Å²) in [5.74, 6) is -0.390. The normalized spacial score (nSPS) is 15.2. The van der Waals surface area contributed by atoms with Crippen LogP contribution < -0.4 is 0 Å². The van der Waals surface area contributed by atoms with E-state index in [9.17, 15) is 9.59 Å². The average Bonchev–Trinajstić information content (AvgIpc) is 2.98. The zero-order valence-electron chi connectivity index (χ0n) is 11.1. The Balaban J connectivity index is 1.85. The van der Waals surface area contributed by atoms with Crippen molar-refractivity contribution in [2.75, 3.05) is 7.11 Å². The van der Waals surface area contributed by atoms with Gasteiger partial charge in [-0.3, -0.25) is 4.79 Å². The molecule has 0 unspecified atom stereocenters. The number of hydrogen-bond donors (Lipinski definition) is 0. The van der Waals surface area contributed by atoms with Crippen molar-refractivity contribution < 1.29 is 19.1 Å². The van der Waals surface area contributed by atoms with Crippen LogP contribution in [0.4, 0.5) is 0 Å². The maximum atomic E-state index is 11.7. The monoisotopic (exact) mass is 262 g/mol. The van der Waals surface area contributed by atoms with Crippen LogP contribution >= 0.6 is 0 Å². The van der Waals surface area contributed by atoms with Gasteiger partial charge in [0, 0.05) is 0 Å². The molecule has 0 aromatic heterocycles. The maximum Gasteiger partial charge on any atom is 0.337 e. The molecule has 0 N–H and O–H groups in total. The zero-order valence-corrected chi connectivity index (χ0v) is 11.1. The van der Waals surface area contributed by atoms with E-state index in [0.29, 0.717) is 5.56 Å². The summed E-state index contributed by atoms with van der Waals surface area (Å²) in [6, 6.07) is 6.89. The van der Waals surface area contributed by atoms with Crippen LogP contribution in [-0.2, 0) is 20.9 Å². The van der Waals surface area contributed by atoms with Crippen LogP contribution in [0.5, 0.6) is 0 Å². The molecule has 0 saturated heterocycles. The van der Waals surface area contributed by atoms with E-state index in [1.807, 2.05) is 0 Å². The van der Waals surface area contributed by atoms with Crippen LogP contribution in [-0.4, -0.2) is 19.0 Å². The molecular formula is C15H18O4. The van der Waals surface area contributed by atoms with E-state index in [4.69, 9.17) is 4.74 Å². The van der Waals surface area contributed by atoms with Gasteiger partial charge in [-0.25, -0.2) is 4.79 Å². The second kappa shape index (κ2) is 6.36. The lowest BCUT2D eigenvalue weighted by Crippen LogP contribution is -2.14. The fourth-order valence-corrected chi connectivity index (χ4v) is 2.29. The summed E-state index contributed by atoms with van der Waals surface area (Å²) in [6.07, 6.45) is 4.13. The molecule has 2 rings (SSSR count). The van der Waals surface area contributed by atoms with E-state index in [0.717, 1.165) is 31.2 Å². The molecule has 0 radical (unpaired) electrons. The number of rotatable bonds is 4. The summed E-state index contributed by atoms with van der Waals surface area (Å²) in [7, 11) is 1.35. The Kier molecular flexibility index (Phi) is 4.55. The van der Waals surface area contributed by atoms with Crippen molar-refractivity contribution in [2.45, 2.75) is 32.3 Å². The van der Waals surface area contributed by atoms with Crippen molar-refractivity contribution in [3.63, 3.8) is 0 Å². The summed E-state index contributed by atoms with van der Waals surface area (Å²) < 4.78 is 9.90. The van der Waals surface area contributed by atoms with Crippen LogP contribution in [0.25, 0.3) is 0 Å². The summed E-state index contributed by atoms with van der Waals surface area (Å²) >= 11 is 0. The number of methoxy groups -OCH3 is 1. The van der Waals surface area contributed by atoms with Gasteiger partial charge in [0.25, 0.3) is 0 Å². The first-order valence-corrected chi connectivity index (χ1v) is 6.54. The fraction of sp³-hybridized carbons (Fsp3) is 0.467. The van der Waals surface area contributed by atoms with Crippen LogP contribution in [0.15, 0.2) is 24.3 Å². The Morgan fingerprint density at radius 3 is 2.37 bits per heavy atom. The molecule has 1 aromatic carbocycles. The Labute approximate surface area is 112 Å². The molecule has 1 saturated carbocycles. The summed E-state index contributed by atoms with van der Waals surface area (Å²) in [4.78, 5) is 23.0. The van der Waals surface area contributed by atoms with E-state index in [1.54, 1.807) is 24.3 Å². The standard InChI is InChI=1S/C15H18O4/c1-18-14(16)13-8-6-11(7-9-13)10-19-15(17)12-4-2-3-5-12/h6-9,12H,2-5,10H2,1H3. The van der Waals surface area contributed by atoms with E-state index < -0.39 is 0 Å². The minimum Gasteiger partial charge on any atom is -0.465 e. The SMILES string of the molecule is COC(=O)c1ccc(COC(=O)C2CCCC2)cc1. The average molecular weight is 262 g/mol. The number of ether oxygens (including phenoxy) is 2. The molecule has 1 fully saturated rings. The minimum atomic E-state index is -0.366. The van der Waals surface area contributed by atoms with Crippen LogP contribution in [0, 0.1) is 5.92 Å². The Morgan fingerprint density at radius 2 is 1.79 bits per heavy atom. The maximum absolute atomic E-state index is 11.7. The highest BCUT2D eigenvalue weighted by molar-refractivity contribution is 5.89. The van der Waals surface area contributed by atoms with Gasteiger partial charge in [0.05, 0.1) is 18.6 Å². The fourth-order valence-electron chi connectivity index (χ4n) is 2.29. The highest BCUT2D eigenvalue weighted by Gasteiger charge is 2.23. The highest BCUT2D eigenvalue weighted by atomic mass is 16.5. The van der Waals surface area contributed by atoms with Crippen molar-refractivity contribution in [3.05, 3.63) is 35.4 Å². The predicted octanol–water partition coefficient (Wildman–Crippen LogP) is 2.71. The predicted molar refractivity (Wildman–Crippen MR) is 69.5 cm³/mol. The smallest absolute Gasteiger partial charge is 0.337 e. The lowest BCUT2D eigenvalue weighted by Gasteiger charge is -2.09. The van der Waals surface area contributed by atoms with Gasteiger partial charge in [-0.15, -0.1) is 0 Å². The van der Waals surface area contributed by atoms with E-state index in [1.165, 1.54) is 7.11 Å². The largest absolute Gasteiger partial charge is 0.465 e. The molecule has 0 bridgehead atoms. The highest BCUT2D eigenvalue weighted by Crippen LogP contribution is 2.26. The molecule has 0 aliphatic heterocycles. The van der Waals surface area contributed by atoms with Gasteiger partial charge in [0.15, 0.2) is 0 Å². The molecule has 1 aliphatic carbocycles. The van der Waals surface area contributed by atoms with E-state index in [-0.39, 0.29) is 24.5 Å². The quantitative estimate of drug-likeness (QED) is 0.783. The number of esters is 2. The lowest BCUT2D eigenvalue weighted by molar-refractivity contribution is -0.149. The molecule has 0 amide bonds. The first-order chi connectivity index (χ1) is 9.20. The Bertz CT molecular complexity index is 444. The molecule has 0 heterocycles. The summed E-state index contributed by atoms with van der Waals surface area (Å²) in [6.45, 7) is 0.261. The van der Waals surface area contributed by atoms with Gasteiger partial charge in [-0.2, -0.15) is 0 Å². The topological polar surface area (TPSA) is 52.6 Å². The molecule has 4 nitrogen and oxygen atoms in total. The molecular weight excluding hydrogens is 244 g/mol. The van der Waals surface area contributed by atoms with Crippen molar-refractivity contribution in [1.29, 1.82) is 0 Å². The summed E-state index contributed by atoms with van der Waals surface area (Å²) in [5, 5.41) is 0. The second-order valence-electron chi connectivity index (χ2n) is 4.78. The third kappa shape index (κ3) is 3.56. The minimum absolute atomic E-state index is 0.0781. The molecule has 0 atom stereocenters.